The van der Waals surface area contributed by atoms with E-state index in [-0.39, 0.29) is 5.97 Å². The van der Waals surface area contributed by atoms with Crippen LogP contribution in [0.2, 0.25) is 0 Å². The third kappa shape index (κ3) is 2.32. The number of hydrogen-bond acceptors (Lipinski definition) is 5. The van der Waals surface area contributed by atoms with Crippen LogP contribution in [0.4, 0.5) is 5.69 Å². The highest BCUT2D eigenvalue weighted by Crippen LogP contribution is 2.18. The zero-order chi connectivity index (χ0) is 13.1. The fraction of sp³-hybridized carbons (Fsp3) is 0.250. The molecular formula is C12H14N4O2. The predicted octanol–water partition coefficient (Wildman–Crippen LogP) is 1.26. The second-order valence-electron chi connectivity index (χ2n) is 3.87. The molecule has 2 rings (SSSR count). The first-order valence-electron chi connectivity index (χ1n) is 5.46. The van der Waals surface area contributed by atoms with E-state index in [1.54, 1.807) is 19.1 Å². The van der Waals surface area contributed by atoms with Crippen molar-refractivity contribution in [2.75, 3.05) is 12.8 Å². The molecule has 0 radical (unpaired) electrons. The van der Waals surface area contributed by atoms with Crippen LogP contribution in [0, 0.1) is 0 Å². The molecule has 94 valence electrons. The monoisotopic (exact) mass is 246 g/mol. The molecule has 1 aromatic heterocycles. The Bertz CT molecular complexity index is 565. The van der Waals surface area contributed by atoms with Crippen LogP contribution >= 0.6 is 0 Å². The third-order valence-corrected chi connectivity index (χ3v) is 2.59. The standard InChI is InChI=1S/C12H14N4O2/c1-8(12(17)18-2)16-7-14-11(15-16)9-4-3-5-10(13)6-9/h3-8H,13H2,1-2H3. The van der Waals surface area contributed by atoms with Gasteiger partial charge in [0.15, 0.2) is 5.82 Å². The number of aromatic nitrogens is 3. The maximum Gasteiger partial charge on any atom is 0.330 e. The lowest BCUT2D eigenvalue weighted by Crippen LogP contribution is -2.18. The van der Waals surface area contributed by atoms with Crippen LogP contribution in [0.15, 0.2) is 30.6 Å². The number of methoxy groups -OCH3 is 1. The van der Waals surface area contributed by atoms with Gasteiger partial charge in [-0.1, -0.05) is 12.1 Å². The lowest BCUT2D eigenvalue weighted by molar-refractivity contribution is -0.144. The number of rotatable bonds is 3. The lowest BCUT2D eigenvalue weighted by Gasteiger charge is -2.07. The molecule has 0 bridgehead atoms. The van der Waals surface area contributed by atoms with Gasteiger partial charge in [0.2, 0.25) is 0 Å². The molecule has 0 saturated carbocycles. The van der Waals surface area contributed by atoms with Gasteiger partial charge in [0.25, 0.3) is 0 Å². The Labute approximate surface area is 104 Å². The maximum atomic E-state index is 11.4. The Hall–Kier alpha value is -2.37. The second-order valence-corrected chi connectivity index (χ2v) is 3.87. The van der Waals surface area contributed by atoms with Gasteiger partial charge in [-0.15, -0.1) is 0 Å². The molecular weight excluding hydrogens is 232 g/mol. The Morgan fingerprint density at radius 1 is 1.50 bits per heavy atom. The predicted molar refractivity (Wildman–Crippen MR) is 66.6 cm³/mol. The Balaban J connectivity index is 2.28. The molecule has 0 aliphatic heterocycles. The highest BCUT2D eigenvalue weighted by molar-refractivity contribution is 5.73. The van der Waals surface area contributed by atoms with E-state index in [2.05, 4.69) is 14.8 Å². The van der Waals surface area contributed by atoms with E-state index in [1.165, 1.54) is 18.1 Å². The van der Waals surface area contributed by atoms with Gasteiger partial charge in [-0.25, -0.2) is 14.5 Å². The lowest BCUT2D eigenvalue weighted by atomic mass is 10.2. The highest BCUT2D eigenvalue weighted by Gasteiger charge is 2.17. The molecule has 0 saturated heterocycles. The third-order valence-electron chi connectivity index (χ3n) is 2.59. The van der Waals surface area contributed by atoms with E-state index in [0.717, 1.165) is 5.56 Å². The summed E-state index contributed by atoms with van der Waals surface area (Å²) in [7, 11) is 1.34. The van der Waals surface area contributed by atoms with E-state index in [1.807, 2.05) is 12.1 Å². The van der Waals surface area contributed by atoms with Crippen molar-refractivity contribution in [3.8, 4) is 11.4 Å². The number of nitrogen functional groups attached to an aromatic ring is 1. The number of anilines is 1. The van der Waals surface area contributed by atoms with Crippen LogP contribution in [0.3, 0.4) is 0 Å². The van der Waals surface area contributed by atoms with Crippen LogP contribution in [0.25, 0.3) is 11.4 Å². The molecule has 2 N–H and O–H groups in total. The molecule has 0 aliphatic rings. The van der Waals surface area contributed by atoms with E-state index in [0.29, 0.717) is 11.5 Å². The Kier molecular flexibility index (Phi) is 3.27. The van der Waals surface area contributed by atoms with Crippen molar-refractivity contribution >= 4 is 11.7 Å². The molecule has 1 atom stereocenters. The van der Waals surface area contributed by atoms with Crippen molar-refractivity contribution in [3.05, 3.63) is 30.6 Å². The summed E-state index contributed by atoms with van der Waals surface area (Å²) in [6.07, 6.45) is 1.50. The van der Waals surface area contributed by atoms with Crippen LogP contribution in [-0.2, 0) is 9.53 Å². The average molecular weight is 246 g/mol. The van der Waals surface area contributed by atoms with Gasteiger partial charge in [-0.2, -0.15) is 5.10 Å². The van der Waals surface area contributed by atoms with Gasteiger partial charge in [0.05, 0.1) is 7.11 Å². The summed E-state index contributed by atoms with van der Waals surface area (Å²) in [5.74, 6) is 0.164. The Morgan fingerprint density at radius 3 is 2.94 bits per heavy atom. The first kappa shape index (κ1) is 12.1. The number of hydrogen-bond donors (Lipinski definition) is 1. The number of ether oxygens (including phenoxy) is 1. The summed E-state index contributed by atoms with van der Waals surface area (Å²) in [5, 5.41) is 4.24. The number of nitrogens with two attached hydrogens (primary N) is 1. The van der Waals surface area contributed by atoms with Crippen molar-refractivity contribution in [1.29, 1.82) is 0 Å². The van der Waals surface area contributed by atoms with Crippen LogP contribution in [0.1, 0.15) is 13.0 Å². The number of esters is 1. The largest absolute Gasteiger partial charge is 0.467 e. The van der Waals surface area contributed by atoms with Crippen molar-refractivity contribution < 1.29 is 9.53 Å². The Morgan fingerprint density at radius 2 is 2.28 bits per heavy atom. The molecule has 0 spiro atoms. The minimum absolute atomic E-state index is 0.362. The quantitative estimate of drug-likeness (QED) is 0.651. The molecule has 0 aliphatic carbocycles. The summed E-state index contributed by atoms with van der Waals surface area (Å²) in [4.78, 5) is 15.5. The van der Waals surface area contributed by atoms with Gasteiger partial charge >= 0.3 is 5.97 Å². The molecule has 1 aromatic carbocycles. The average Bonchev–Trinajstić information content (AvgIpc) is 2.86. The van der Waals surface area contributed by atoms with E-state index < -0.39 is 6.04 Å². The summed E-state index contributed by atoms with van der Waals surface area (Å²) in [6, 6.07) is 6.76. The summed E-state index contributed by atoms with van der Waals surface area (Å²) < 4.78 is 6.12. The van der Waals surface area contributed by atoms with Gasteiger partial charge in [-0.05, 0) is 19.1 Å². The van der Waals surface area contributed by atoms with E-state index >= 15 is 0 Å². The minimum atomic E-state index is -0.502. The van der Waals surface area contributed by atoms with Gasteiger partial charge < -0.3 is 10.5 Å². The SMILES string of the molecule is COC(=O)C(C)n1cnc(-c2cccc(N)c2)n1. The summed E-state index contributed by atoms with van der Waals surface area (Å²) in [5.41, 5.74) is 7.15. The van der Waals surface area contributed by atoms with Crippen LogP contribution < -0.4 is 5.73 Å². The normalized spacial score (nSPS) is 12.1. The van der Waals surface area contributed by atoms with E-state index in [4.69, 9.17) is 5.73 Å². The smallest absolute Gasteiger partial charge is 0.330 e. The van der Waals surface area contributed by atoms with Crippen molar-refractivity contribution in [3.63, 3.8) is 0 Å². The molecule has 6 nitrogen and oxygen atoms in total. The molecule has 1 heterocycles. The second kappa shape index (κ2) is 4.87. The number of nitrogens with zero attached hydrogens (tertiary/aromatic N) is 3. The highest BCUT2D eigenvalue weighted by atomic mass is 16.5. The van der Waals surface area contributed by atoms with Crippen molar-refractivity contribution in [2.45, 2.75) is 13.0 Å². The minimum Gasteiger partial charge on any atom is -0.467 e. The molecule has 1 unspecified atom stereocenters. The first-order valence-corrected chi connectivity index (χ1v) is 5.46. The fourth-order valence-corrected chi connectivity index (χ4v) is 1.55. The summed E-state index contributed by atoms with van der Waals surface area (Å²) >= 11 is 0. The zero-order valence-corrected chi connectivity index (χ0v) is 10.2. The van der Waals surface area contributed by atoms with Crippen LogP contribution in [-0.4, -0.2) is 27.8 Å². The molecule has 2 aromatic rings. The zero-order valence-electron chi connectivity index (χ0n) is 10.2. The molecule has 6 heteroatoms. The topological polar surface area (TPSA) is 83.0 Å². The summed E-state index contributed by atoms with van der Waals surface area (Å²) in [6.45, 7) is 1.70. The first-order chi connectivity index (χ1) is 8.61. The van der Waals surface area contributed by atoms with Crippen molar-refractivity contribution in [1.82, 2.24) is 14.8 Å². The van der Waals surface area contributed by atoms with Gasteiger partial charge in [0, 0.05) is 11.3 Å². The molecule has 0 amide bonds. The number of carbonyl (C=O) groups is 1. The number of benzene rings is 1. The fourth-order valence-electron chi connectivity index (χ4n) is 1.55. The van der Waals surface area contributed by atoms with Crippen LogP contribution in [0.5, 0.6) is 0 Å². The molecule has 0 fully saturated rings. The van der Waals surface area contributed by atoms with Crippen molar-refractivity contribution in [2.24, 2.45) is 0 Å². The van der Waals surface area contributed by atoms with Gasteiger partial charge in [-0.3, -0.25) is 0 Å². The number of carbonyl (C=O) groups excluding carboxylic acids is 1. The molecule has 18 heavy (non-hydrogen) atoms. The van der Waals surface area contributed by atoms with E-state index in [9.17, 15) is 4.79 Å². The maximum absolute atomic E-state index is 11.4. The van der Waals surface area contributed by atoms with Gasteiger partial charge in [0.1, 0.15) is 12.4 Å².